The molecule has 0 unspecified atom stereocenters. The van der Waals surface area contributed by atoms with Crippen LogP contribution < -0.4 is 4.43 Å². The first-order valence-electron chi connectivity index (χ1n) is 9.71. The molecule has 2 heterocycles. The topological polar surface area (TPSA) is 40.8 Å². The lowest BCUT2D eigenvalue weighted by Gasteiger charge is -2.11. The third kappa shape index (κ3) is 2.56. The second-order valence-electron chi connectivity index (χ2n) is 7.14. The van der Waals surface area contributed by atoms with Crippen molar-refractivity contribution < 1.29 is 4.43 Å². The molecule has 0 aliphatic carbocycles. The minimum atomic E-state index is 0.645. The zero-order chi connectivity index (χ0) is 20.1. The van der Waals surface area contributed by atoms with Crippen LogP contribution in [0.3, 0.4) is 0 Å². The van der Waals surface area contributed by atoms with Gasteiger partial charge in [0, 0.05) is 28.3 Å². The zero-order valence-electron chi connectivity index (χ0n) is 15.9. The SMILES string of the molecule is O=[n+]1c2ccccc2n(-c2ccc(-c3nc4ccccc4s3)cc2)c2ccccc21. The third-order valence-corrected chi connectivity index (χ3v) is 6.43. The van der Waals surface area contributed by atoms with Crippen LogP contribution in [-0.2, 0) is 0 Å². The summed E-state index contributed by atoms with van der Waals surface area (Å²) >= 11 is 1.70. The fraction of sp³-hybridized carbons (Fsp3) is 0. The van der Waals surface area contributed by atoms with Gasteiger partial charge in [0.2, 0.25) is 0 Å². The Bertz CT molecular complexity index is 1520. The second-order valence-corrected chi connectivity index (χ2v) is 8.17. The highest BCUT2D eigenvalue weighted by atomic mass is 32.1. The number of benzene rings is 4. The van der Waals surface area contributed by atoms with Crippen molar-refractivity contribution in [3.8, 4) is 16.3 Å². The van der Waals surface area contributed by atoms with Crippen LogP contribution in [0.2, 0.25) is 0 Å². The van der Waals surface area contributed by atoms with Gasteiger partial charge in [-0.2, -0.15) is 0 Å². The molecule has 4 nitrogen and oxygen atoms in total. The van der Waals surface area contributed by atoms with Gasteiger partial charge >= 0.3 is 0 Å². The van der Waals surface area contributed by atoms with Crippen LogP contribution >= 0.6 is 11.3 Å². The Morgan fingerprint density at radius 1 is 0.700 bits per heavy atom. The number of hydrogen-bond acceptors (Lipinski definition) is 3. The standard InChI is InChI=1S/C25H16N3OS/c29-28-22-10-4-2-8-20(22)27(21-9-3-5-11-23(21)28)18-15-13-17(14-16-18)25-26-19-7-1-6-12-24(19)30-25/h1-16H/q+1. The van der Waals surface area contributed by atoms with Gasteiger partial charge in [0.1, 0.15) is 16.0 Å². The molecule has 0 atom stereocenters. The van der Waals surface area contributed by atoms with Crippen molar-refractivity contribution in [1.82, 2.24) is 9.55 Å². The summed E-state index contributed by atoms with van der Waals surface area (Å²) in [5.41, 5.74) is 6.16. The van der Waals surface area contributed by atoms with E-state index in [-0.39, 0.29) is 0 Å². The Labute approximate surface area is 175 Å². The van der Waals surface area contributed by atoms with Crippen molar-refractivity contribution in [1.29, 1.82) is 0 Å². The van der Waals surface area contributed by atoms with Crippen molar-refractivity contribution >= 4 is 43.6 Å². The van der Waals surface area contributed by atoms with Crippen molar-refractivity contribution in [2.75, 3.05) is 0 Å². The summed E-state index contributed by atoms with van der Waals surface area (Å²) < 4.78 is 4.34. The molecule has 5 heteroatoms. The molecule has 0 bridgehead atoms. The van der Waals surface area contributed by atoms with E-state index >= 15 is 0 Å². The third-order valence-electron chi connectivity index (χ3n) is 5.35. The molecule has 0 aliphatic rings. The molecule has 0 saturated heterocycles. The molecule has 142 valence electrons. The molecular formula is C25H16N3OS+. The molecule has 0 fully saturated rings. The van der Waals surface area contributed by atoms with E-state index in [0.29, 0.717) is 11.0 Å². The fourth-order valence-corrected chi connectivity index (χ4v) is 4.91. The lowest BCUT2D eigenvalue weighted by atomic mass is 10.1. The molecule has 0 amide bonds. The first-order chi connectivity index (χ1) is 14.8. The van der Waals surface area contributed by atoms with E-state index in [0.717, 1.165) is 37.2 Å². The maximum absolute atomic E-state index is 12.9. The smallest absolute Gasteiger partial charge is 0.287 e. The molecule has 4 aromatic carbocycles. The monoisotopic (exact) mass is 406 g/mol. The first-order valence-corrected chi connectivity index (χ1v) is 10.5. The van der Waals surface area contributed by atoms with Crippen molar-refractivity contribution in [3.05, 3.63) is 102 Å². The zero-order valence-corrected chi connectivity index (χ0v) is 16.7. The number of fused-ring (bicyclic) bond motifs is 3. The van der Waals surface area contributed by atoms with Crippen molar-refractivity contribution in [3.63, 3.8) is 0 Å². The van der Waals surface area contributed by atoms with Crippen molar-refractivity contribution in [2.24, 2.45) is 0 Å². The summed E-state index contributed by atoms with van der Waals surface area (Å²) in [4.78, 5) is 17.7. The quantitative estimate of drug-likeness (QED) is 0.262. The van der Waals surface area contributed by atoms with Gasteiger partial charge in [-0.15, -0.1) is 11.3 Å². The van der Waals surface area contributed by atoms with Gasteiger partial charge < -0.3 is 0 Å². The van der Waals surface area contributed by atoms with Gasteiger partial charge in [-0.1, -0.05) is 36.4 Å². The van der Waals surface area contributed by atoms with Crippen LogP contribution in [-0.4, -0.2) is 9.55 Å². The number of rotatable bonds is 2. The first kappa shape index (κ1) is 17.1. The summed E-state index contributed by atoms with van der Waals surface area (Å²) in [6, 6.07) is 32.0. The van der Waals surface area contributed by atoms with Crippen LogP contribution in [0.5, 0.6) is 0 Å². The van der Waals surface area contributed by atoms with Crippen LogP contribution in [0.1, 0.15) is 0 Å². The predicted octanol–water partition coefficient (Wildman–Crippen LogP) is 5.97. The molecule has 6 aromatic rings. The Morgan fingerprint density at radius 2 is 1.30 bits per heavy atom. The highest BCUT2D eigenvalue weighted by molar-refractivity contribution is 7.21. The highest BCUT2D eigenvalue weighted by Gasteiger charge is 2.18. The summed E-state index contributed by atoms with van der Waals surface area (Å²) in [6.45, 7) is 0. The number of nitrogens with zero attached hydrogens (tertiary/aromatic N) is 3. The molecule has 0 aliphatic heterocycles. The molecule has 2 aromatic heterocycles. The van der Waals surface area contributed by atoms with Gasteiger partial charge in [0.15, 0.2) is 0 Å². The number of aromatic nitrogens is 3. The second kappa shape index (κ2) is 6.61. The number of thiazole rings is 1. The molecule has 0 N–H and O–H groups in total. The minimum Gasteiger partial charge on any atom is -0.298 e. The van der Waals surface area contributed by atoms with Gasteiger partial charge in [-0.25, -0.2) is 4.98 Å². The molecule has 30 heavy (non-hydrogen) atoms. The maximum Gasteiger partial charge on any atom is 0.287 e. The number of hydrogen-bond donors (Lipinski definition) is 0. The summed E-state index contributed by atoms with van der Waals surface area (Å²) in [7, 11) is 0. The van der Waals surface area contributed by atoms with E-state index in [1.807, 2.05) is 66.7 Å². The minimum absolute atomic E-state index is 0.645. The Morgan fingerprint density at radius 3 is 1.97 bits per heavy atom. The highest BCUT2D eigenvalue weighted by Crippen LogP contribution is 2.31. The van der Waals surface area contributed by atoms with Crippen LogP contribution in [0, 0.1) is 4.91 Å². The van der Waals surface area contributed by atoms with E-state index in [1.54, 1.807) is 11.3 Å². The van der Waals surface area contributed by atoms with Gasteiger partial charge in [-0.05, 0) is 48.5 Å². The predicted molar refractivity (Wildman–Crippen MR) is 123 cm³/mol. The van der Waals surface area contributed by atoms with Crippen LogP contribution in [0.25, 0.3) is 48.5 Å². The normalized spacial score (nSPS) is 11.5. The average molecular weight is 406 g/mol. The summed E-state index contributed by atoms with van der Waals surface area (Å²) in [5.74, 6) is 0. The Hall–Kier alpha value is -3.83. The van der Waals surface area contributed by atoms with E-state index < -0.39 is 0 Å². The van der Waals surface area contributed by atoms with Gasteiger partial charge in [0.05, 0.1) is 14.6 Å². The van der Waals surface area contributed by atoms with E-state index in [4.69, 9.17) is 4.98 Å². The van der Waals surface area contributed by atoms with Gasteiger partial charge in [-0.3, -0.25) is 4.57 Å². The van der Waals surface area contributed by atoms with E-state index in [1.165, 1.54) is 4.70 Å². The summed E-state index contributed by atoms with van der Waals surface area (Å²) in [5, 5.41) is 1.01. The molecule has 0 saturated carbocycles. The molecular weight excluding hydrogens is 390 g/mol. The van der Waals surface area contributed by atoms with Crippen LogP contribution in [0.15, 0.2) is 97.1 Å². The number of para-hydroxylation sites is 5. The molecule has 0 spiro atoms. The molecule has 0 radical (unpaired) electrons. The van der Waals surface area contributed by atoms with E-state index in [2.05, 4.69) is 34.9 Å². The maximum atomic E-state index is 12.9. The Balaban J connectivity index is 1.57. The Kier molecular flexibility index (Phi) is 3.76. The summed E-state index contributed by atoms with van der Waals surface area (Å²) in [6.07, 6.45) is 0. The van der Waals surface area contributed by atoms with Gasteiger partial charge in [0.25, 0.3) is 11.0 Å². The lowest BCUT2D eigenvalue weighted by molar-refractivity contribution is -0.432. The lowest BCUT2D eigenvalue weighted by Crippen LogP contribution is -2.20. The van der Waals surface area contributed by atoms with E-state index in [9.17, 15) is 4.91 Å². The largest absolute Gasteiger partial charge is 0.298 e. The fourth-order valence-electron chi connectivity index (χ4n) is 3.94. The van der Waals surface area contributed by atoms with Crippen molar-refractivity contribution in [2.45, 2.75) is 0 Å². The average Bonchev–Trinajstić information content (AvgIpc) is 3.24. The van der Waals surface area contributed by atoms with Crippen LogP contribution in [0.4, 0.5) is 0 Å². The molecule has 6 rings (SSSR count).